The molecule has 3 nitrogen and oxygen atoms in total. The fraction of sp³-hybridized carbons (Fsp3) is 0.350. The van der Waals surface area contributed by atoms with Crippen LogP contribution in [0.1, 0.15) is 35.6 Å². The van der Waals surface area contributed by atoms with Crippen molar-refractivity contribution in [1.82, 2.24) is 4.90 Å². The van der Waals surface area contributed by atoms with Crippen LogP contribution in [-0.2, 0) is 9.53 Å². The zero-order valence-corrected chi connectivity index (χ0v) is 13.7. The molecule has 3 heteroatoms. The molecule has 1 heterocycles. The fourth-order valence-electron chi connectivity index (χ4n) is 3.54. The van der Waals surface area contributed by atoms with E-state index in [1.165, 1.54) is 23.8 Å². The van der Waals surface area contributed by atoms with Crippen molar-refractivity contribution >= 4 is 5.97 Å². The summed E-state index contributed by atoms with van der Waals surface area (Å²) in [5, 5.41) is 0. The molecule has 3 rings (SSSR count). The number of hydrogen-bond donors (Lipinski definition) is 0. The maximum Gasteiger partial charge on any atom is 0.323 e. The van der Waals surface area contributed by atoms with Crippen LogP contribution in [0.4, 0.5) is 0 Å². The summed E-state index contributed by atoms with van der Waals surface area (Å²) >= 11 is 0. The van der Waals surface area contributed by atoms with E-state index < -0.39 is 0 Å². The third kappa shape index (κ3) is 3.30. The number of nitrogens with zero attached hydrogens (tertiary/aromatic N) is 1. The van der Waals surface area contributed by atoms with Crippen molar-refractivity contribution in [1.29, 1.82) is 0 Å². The van der Waals surface area contributed by atoms with Gasteiger partial charge in [0.05, 0.1) is 13.2 Å². The summed E-state index contributed by atoms with van der Waals surface area (Å²) in [6.45, 7) is 3.01. The highest BCUT2D eigenvalue weighted by Crippen LogP contribution is 2.35. The van der Waals surface area contributed by atoms with E-state index in [4.69, 9.17) is 4.74 Å². The summed E-state index contributed by atoms with van der Waals surface area (Å²) in [6, 6.07) is 18.9. The lowest BCUT2D eigenvalue weighted by Crippen LogP contribution is -2.40. The van der Waals surface area contributed by atoms with Crippen LogP contribution in [0.5, 0.6) is 0 Å². The Kier molecular flexibility index (Phi) is 4.77. The van der Waals surface area contributed by atoms with Crippen molar-refractivity contribution in [2.24, 2.45) is 0 Å². The van der Waals surface area contributed by atoms with Gasteiger partial charge in [-0.3, -0.25) is 9.69 Å². The minimum absolute atomic E-state index is 0.0858. The number of carbonyl (C=O) groups is 1. The maximum absolute atomic E-state index is 12.2. The summed E-state index contributed by atoms with van der Waals surface area (Å²) in [5.74, 6) is -0.129. The molecule has 1 aliphatic rings. The molecule has 2 aromatic carbocycles. The number of likely N-dealkylation sites (tertiary alicyclic amines) is 1. The summed E-state index contributed by atoms with van der Waals surface area (Å²) in [4.78, 5) is 14.5. The number of ether oxygens (including phenoxy) is 1. The molecular formula is C20H23NO2. The van der Waals surface area contributed by atoms with Crippen molar-refractivity contribution in [2.45, 2.75) is 31.8 Å². The molecule has 2 aromatic rings. The monoisotopic (exact) mass is 309 g/mol. The molecular weight excluding hydrogens is 286 g/mol. The van der Waals surface area contributed by atoms with Crippen LogP contribution in [0.15, 0.2) is 54.6 Å². The molecule has 1 saturated heterocycles. The maximum atomic E-state index is 12.2. The molecule has 0 aromatic heterocycles. The first kappa shape index (κ1) is 15.8. The minimum atomic E-state index is -0.161. The van der Waals surface area contributed by atoms with Gasteiger partial charge in [-0.1, -0.05) is 60.2 Å². The van der Waals surface area contributed by atoms with E-state index >= 15 is 0 Å². The summed E-state index contributed by atoms with van der Waals surface area (Å²) in [7, 11) is 1.48. The second kappa shape index (κ2) is 6.97. The van der Waals surface area contributed by atoms with Crippen LogP contribution in [0.25, 0.3) is 0 Å². The van der Waals surface area contributed by atoms with Crippen molar-refractivity contribution in [2.75, 3.05) is 13.7 Å². The zero-order valence-electron chi connectivity index (χ0n) is 13.7. The summed E-state index contributed by atoms with van der Waals surface area (Å²) < 4.78 is 5.03. The van der Waals surface area contributed by atoms with Gasteiger partial charge in [0.2, 0.25) is 0 Å². The van der Waals surface area contributed by atoms with E-state index in [1.54, 1.807) is 0 Å². The first-order valence-electron chi connectivity index (χ1n) is 8.16. The van der Waals surface area contributed by atoms with Crippen molar-refractivity contribution < 1.29 is 9.53 Å². The third-order valence-electron chi connectivity index (χ3n) is 4.57. The third-order valence-corrected chi connectivity index (χ3v) is 4.57. The quantitative estimate of drug-likeness (QED) is 0.806. The lowest BCUT2D eigenvalue weighted by atomic mass is 9.95. The molecule has 1 fully saturated rings. The molecule has 0 saturated carbocycles. The predicted octanol–water partition coefficient (Wildman–Crippen LogP) is 3.72. The molecule has 2 atom stereocenters. The molecule has 0 bridgehead atoms. The van der Waals surface area contributed by atoms with Crippen LogP contribution in [-0.4, -0.2) is 30.6 Å². The van der Waals surface area contributed by atoms with Gasteiger partial charge in [-0.15, -0.1) is 0 Å². The van der Waals surface area contributed by atoms with Gasteiger partial charge >= 0.3 is 5.97 Å². The molecule has 120 valence electrons. The van der Waals surface area contributed by atoms with Crippen LogP contribution < -0.4 is 0 Å². The Morgan fingerprint density at radius 2 is 1.87 bits per heavy atom. The van der Waals surface area contributed by atoms with Crippen molar-refractivity contribution in [3.8, 4) is 0 Å². The predicted molar refractivity (Wildman–Crippen MR) is 91.2 cm³/mol. The second-order valence-electron chi connectivity index (χ2n) is 6.15. The first-order chi connectivity index (χ1) is 11.2. The normalized spacial score (nSPS) is 19.5. The Morgan fingerprint density at radius 3 is 2.57 bits per heavy atom. The second-order valence-corrected chi connectivity index (χ2v) is 6.15. The van der Waals surface area contributed by atoms with E-state index in [0.717, 1.165) is 19.4 Å². The van der Waals surface area contributed by atoms with Crippen LogP contribution in [0.2, 0.25) is 0 Å². The van der Waals surface area contributed by atoms with Gasteiger partial charge in [0, 0.05) is 6.54 Å². The van der Waals surface area contributed by atoms with Crippen molar-refractivity contribution in [3.63, 3.8) is 0 Å². The van der Waals surface area contributed by atoms with E-state index in [9.17, 15) is 4.79 Å². The van der Waals surface area contributed by atoms with E-state index in [0.29, 0.717) is 0 Å². The lowest BCUT2D eigenvalue weighted by molar-refractivity contribution is -0.146. The number of carbonyl (C=O) groups excluding carboxylic acids is 1. The molecule has 23 heavy (non-hydrogen) atoms. The molecule has 0 aliphatic carbocycles. The Labute approximate surface area is 137 Å². The van der Waals surface area contributed by atoms with Gasteiger partial charge in [0.25, 0.3) is 0 Å². The number of benzene rings is 2. The largest absolute Gasteiger partial charge is 0.468 e. The van der Waals surface area contributed by atoms with Gasteiger partial charge in [-0.25, -0.2) is 0 Å². The minimum Gasteiger partial charge on any atom is -0.468 e. The molecule has 0 amide bonds. The van der Waals surface area contributed by atoms with E-state index in [-0.39, 0.29) is 18.1 Å². The molecule has 0 radical (unpaired) electrons. The molecule has 1 aliphatic heterocycles. The summed E-state index contributed by atoms with van der Waals surface area (Å²) in [5.41, 5.74) is 3.68. The number of methoxy groups -OCH3 is 1. The number of aryl methyl sites for hydroxylation is 1. The highest BCUT2D eigenvalue weighted by Gasteiger charge is 2.37. The SMILES string of the molecule is COC(=O)[C@@H]1CCCN1C(c1ccccc1)c1cccc(C)c1. The Morgan fingerprint density at radius 1 is 1.13 bits per heavy atom. The van der Waals surface area contributed by atoms with Crippen molar-refractivity contribution in [3.05, 3.63) is 71.3 Å². The average Bonchev–Trinajstić information content (AvgIpc) is 3.05. The highest BCUT2D eigenvalue weighted by molar-refractivity contribution is 5.76. The molecule has 0 N–H and O–H groups in total. The summed E-state index contributed by atoms with van der Waals surface area (Å²) in [6.07, 6.45) is 1.89. The Bertz CT molecular complexity index is 668. The topological polar surface area (TPSA) is 29.5 Å². The molecule has 0 spiro atoms. The Balaban J connectivity index is 2.03. The van der Waals surface area contributed by atoms with Gasteiger partial charge in [-0.05, 0) is 30.9 Å². The van der Waals surface area contributed by atoms with Crippen LogP contribution in [0.3, 0.4) is 0 Å². The van der Waals surface area contributed by atoms with E-state index in [2.05, 4.69) is 60.4 Å². The average molecular weight is 309 g/mol. The number of hydrogen-bond acceptors (Lipinski definition) is 3. The van der Waals surface area contributed by atoms with Gasteiger partial charge < -0.3 is 4.74 Å². The lowest BCUT2D eigenvalue weighted by Gasteiger charge is -2.32. The molecule has 1 unspecified atom stereocenters. The van der Waals surface area contributed by atoms with E-state index in [1.807, 2.05) is 6.07 Å². The van der Waals surface area contributed by atoms with Crippen LogP contribution in [0, 0.1) is 6.92 Å². The highest BCUT2D eigenvalue weighted by atomic mass is 16.5. The van der Waals surface area contributed by atoms with Gasteiger partial charge in [0.15, 0.2) is 0 Å². The standard InChI is InChI=1S/C20H23NO2/c1-15-8-6-11-17(14-15)19(16-9-4-3-5-10-16)21-13-7-12-18(21)20(22)23-2/h3-6,8-11,14,18-19H,7,12-13H2,1-2H3/t18-,19?/m0/s1. The first-order valence-corrected chi connectivity index (χ1v) is 8.16. The van der Waals surface area contributed by atoms with Gasteiger partial charge in [-0.2, -0.15) is 0 Å². The van der Waals surface area contributed by atoms with Gasteiger partial charge in [0.1, 0.15) is 6.04 Å². The number of rotatable bonds is 4. The zero-order chi connectivity index (χ0) is 16.2. The number of esters is 1. The smallest absolute Gasteiger partial charge is 0.323 e. The van der Waals surface area contributed by atoms with Crippen LogP contribution >= 0.6 is 0 Å². The Hall–Kier alpha value is -2.13. The fourth-order valence-corrected chi connectivity index (χ4v) is 3.54.